The molecule has 0 atom stereocenters. The van der Waals surface area contributed by atoms with Crippen LogP contribution < -0.4 is 10.2 Å². The molecule has 2 aromatic rings. The molecule has 8 heteroatoms. The monoisotopic (exact) mass is 403 g/mol. The van der Waals surface area contributed by atoms with Crippen molar-refractivity contribution in [3.8, 4) is 0 Å². The van der Waals surface area contributed by atoms with Crippen molar-refractivity contribution in [1.82, 2.24) is 10.3 Å². The predicted octanol–water partition coefficient (Wildman–Crippen LogP) is 2.03. The summed E-state index contributed by atoms with van der Waals surface area (Å²) < 4.78 is 29.1. The average Bonchev–Trinajstić information content (AvgIpc) is 3.26. The summed E-state index contributed by atoms with van der Waals surface area (Å²) in [6.07, 6.45) is 4.12. The van der Waals surface area contributed by atoms with E-state index in [0.29, 0.717) is 12.1 Å². The minimum Gasteiger partial charge on any atom is -0.384 e. The van der Waals surface area contributed by atoms with Crippen LogP contribution in [-0.2, 0) is 21.1 Å². The number of nitrogens with zero attached hydrogens (tertiary/aromatic N) is 2. The highest BCUT2D eigenvalue weighted by atomic mass is 32.2. The van der Waals surface area contributed by atoms with Gasteiger partial charge in [-0.2, -0.15) is 0 Å². The molecule has 1 N–H and O–H groups in total. The lowest BCUT2D eigenvalue weighted by Crippen LogP contribution is -2.23. The minimum absolute atomic E-state index is 0.0869. The van der Waals surface area contributed by atoms with Gasteiger partial charge >= 0.3 is 0 Å². The number of aromatic nitrogens is 1. The maximum atomic E-state index is 12.4. The molecule has 0 spiro atoms. The summed E-state index contributed by atoms with van der Waals surface area (Å²) in [5.41, 5.74) is 1.39. The zero-order chi connectivity index (χ0) is 20.0. The zero-order valence-electron chi connectivity index (χ0n) is 15.9. The number of carbonyl (C=O) groups is 1. The second kappa shape index (κ2) is 9.16. The molecular weight excluding hydrogens is 378 g/mol. The fourth-order valence-electron chi connectivity index (χ4n) is 3.10. The van der Waals surface area contributed by atoms with Crippen LogP contribution in [0, 0.1) is 0 Å². The average molecular weight is 404 g/mol. The normalized spacial score (nSPS) is 14.2. The van der Waals surface area contributed by atoms with Gasteiger partial charge in [0.05, 0.1) is 17.3 Å². The molecule has 0 radical (unpaired) electrons. The van der Waals surface area contributed by atoms with E-state index in [2.05, 4.69) is 15.2 Å². The van der Waals surface area contributed by atoms with E-state index < -0.39 is 9.84 Å². The summed E-state index contributed by atoms with van der Waals surface area (Å²) in [5, 5.41) is 2.87. The van der Waals surface area contributed by atoms with Crippen molar-refractivity contribution < 1.29 is 17.9 Å². The van der Waals surface area contributed by atoms with Gasteiger partial charge in [-0.1, -0.05) is 0 Å². The molecule has 1 aliphatic rings. The van der Waals surface area contributed by atoms with Crippen LogP contribution in [0.5, 0.6) is 0 Å². The van der Waals surface area contributed by atoms with E-state index in [-0.39, 0.29) is 23.2 Å². The highest BCUT2D eigenvalue weighted by molar-refractivity contribution is 7.91. The summed E-state index contributed by atoms with van der Waals surface area (Å²) in [6.45, 7) is 2.55. The molecule has 0 bridgehead atoms. The Bertz CT molecular complexity index is 907. The van der Waals surface area contributed by atoms with E-state index in [1.54, 1.807) is 6.20 Å². The van der Waals surface area contributed by atoms with E-state index >= 15 is 0 Å². The number of anilines is 1. The molecule has 0 unspecified atom stereocenters. The van der Waals surface area contributed by atoms with Crippen LogP contribution in [0.3, 0.4) is 0 Å². The molecule has 1 aromatic carbocycles. The topological polar surface area (TPSA) is 88.6 Å². The number of nitrogens with one attached hydrogen (secondary N) is 1. The standard InChI is InChI=1S/C20H25N3O4S/c1-27-12-13-28(25,26)18-6-4-17(5-7-18)20(24)22-15-16-8-9-21-19(14-16)23-10-2-3-11-23/h4-9,14H,2-3,10-13,15H2,1H3,(H,22,24). The lowest BCUT2D eigenvalue weighted by Gasteiger charge is -2.17. The van der Waals surface area contributed by atoms with Gasteiger partial charge in [0, 0.05) is 38.5 Å². The SMILES string of the molecule is COCCS(=O)(=O)c1ccc(C(=O)NCc2ccnc(N3CCCC3)c2)cc1. The first-order chi connectivity index (χ1) is 13.5. The first-order valence-corrected chi connectivity index (χ1v) is 10.9. The molecule has 0 saturated carbocycles. The number of sulfone groups is 1. The van der Waals surface area contributed by atoms with Gasteiger partial charge in [-0.3, -0.25) is 4.79 Å². The number of hydrogen-bond acceptors (Lipinski definition) is 6. The van der Waals surface area contributed by atoms with E-state index in [1.807, 2.05) is 12.1 Å². The number of rotatable bonds is 8. The number of pyridine rings is 1. The maximum absolute atomic E-state index is 12.4. The van der Waals surface area contributed by atoms with Crippen molar-refractivity contribution in [2.75, 3.05) is 37.5 Å². The van der Waals surface area contributed by atoms with Crippen LogP contribution in [0.2, 0.25) is 0 Å². The Morgan fingerprint density at radius 3 is 2.57 bits per heavy atom. The first kappa shape index (κ1) is 20.3. The minimum atomic E-state index is -3.40. The second-order valence-electron chi connectivity index (χ2n) is 6.74. The van der Waals surface area contributed by atoms with Crippen molar-refractivity contribution in [3.63, 3.8) is 0 Å². The Balaban J connectivity index is 1.60. The Kier molecular flexibility index (Phi) is 6.64. The summed E-state index contributed by atoms with van der Waals surface area (Å²) >= 11 is 0. The summed E-state index contributed by atoms with van der Waals surface area (Å²) in [5.74, 6) is 0.603. The summed E-state index contributed by atoms with van der Waals surface area (Å²) in [4.78, 5) is 19.2. The third-order valence-corrected chi connectivity index (χ3v) is 6.42. The van der Waals surface area contributed by atoms with Crippen LogP contribution in [0.4, 0.5) is 5.82 Å². The van der Waals surface area contributed by atoms with Crippen LogP contribution in [-0.4, -0.2) is 51.9 Å². The fourth-order valence-corrected chi connectivity index (χ4v) is 4.27. The van der Waals surface area contributed by atoms with Crippen LogP contribution in [0.25, 0.3) is 0 Å². The van der Waals surface area contributed by atoms with E-state index in [1.165, 1.54) is 44.2 Å². The van der Waals surface area contributed by atoms with Gasteiger partial charge in [0.2, 0.25) is 0 Å². The van der Waals surface area contributed by atoms with E-state index in [9.17, 15) is 13.2 Å². The van der Waals surface area contributed by atoms with Gasteiger partial charge in [0.1, 0.15) is 5.82 Å². The molecule has 1 amide bonds. The van der Waals surface area contributed by atoms with Crippen molar-refractivity contribution >= 4 is 21.6 Å². The molecule has 3 rings (SSSR count). The molecule has 0 aliphatic carbocycles. The van der Waals surface area contributed by atoms with Crippen LogP contribution in [0.15, 0.2) is 47.5 Å². The lowest BCUT2D eigenvalue weighted by atomic mass is 10.2. The Labute approximate surface area is 165 Å². The number of carbonyl (C=O) groups excluding carboxylic acids is 1. The quantitative estimate of drug-likeness (QED) is 0.726. The number of ether oxygens (including phenoxy) is 1. The highest BCUT2D eigenvalue weighted by Crippen LogP contribution is 2.18. The van der Waals surface area contributed by atoms with Gasteiger partial charge in [0.25, 0.3) is 5.91 Å². The van der Waals surface area contributed by atoms with Gasteiger partial charge < -0.3 is 15.0 Å². The number of benzene rings is 1. The van der Waals surface area contributed by atoms with Crippen molar-refractivity contribution in [2.24, 2.45) is 0 Å². The Morgan fingerprint density at radius 1 is 1.18 bits per heavy atom. The third kappa shape index (κ3) is 5.08. The lowest BCUT2D eigenvalue weighted by molar-refractivity contribution is 0.0951. The molecule has 1 fully saturated rings. The van der Waals surface area contributed by atoms with Gasteiger partial charge in [0.15, 0.2) is 9.84 Å². The molecule has 1 aliphatic heterocycles. The number of amides is 1. The third-order valence-electron chi connectivity index (χ3n) is 4.72. The van der Waals surface area contributed by atoms with E-state index in [0.717, 1.165) is 24.5 Å². The Hall–Kier alpha value is -2.45. The van der Waals surface area contributed by atoms with Crippen LogP contribution in [0.1, 0.15) is 28.8 Å². The second-order valence-corrected chi connectivity index (χ2v) is 8.84. The summed E-state index contributed by atoms with van der Waals surface area (Å²) in [7, 11) is -1.94. The molecule has 28 heavy (non-hydrogen) atoms. The summed E-state index contributed by atoms with van der Waals surface area (Å²) in [6, 6.07) is 9.84. The van der Waals surface area contributed by atoms with Crippen molar-refractivity contribution in [2.45, 2.75) is 24.3 Å². The first-order valence-electron chi connectivity index (χ1n) is 9.29. The molecular formula is C20H25N3O4S. The Morgan fingerprint density at radius 2 is 1.89 bits per heavy atom. The van der Waals surface area contributed by atoms with Crippen molar-refractivity contribution in [1.29, 1.82) is 0 Å². The zero-order valence-corrected chi connectivity index (χ0v) is 16.7. The largest absolute Gasteiger partial charge is 0.384 e. The molecule has 1 aromatic heterocycles. The highest BCUT2D eigenvalue weighted by Gasteiger charge is 2.16. The maximum Gasteiger partial charge on any atom is 0.251 e. The number of methoxy groups -OCH3 is 1. The van der Waals surface area contributed by atoms with Gasteiger partial charge in [-0.25, -0.2) is 13.4 Å². The number of hydrogen-bond donors (Lipinski definition) is 1. The predicted molar refractivity (Wildman–Crippen MR) is 107 cm³/mol. The smallest absolute Gasteiger partial charge is 0.251 e. The van der Waals surface area contributed by atoms with Crippen LogP contribution >= 0.6 is 0 Å². The molecule has 7 nitrogen and oxygen atoms in total. The molecule has 1 saturated heterocycles. The van der Waals surface area contributed by atoms with E-state index in [4.69, 9.17) is 4.74 Å². The van der Waals surface area contributed by atoms with Gasteiger partial charge in [-0.05, 0) is 54.8 Å². The fraction of sp³-hybridized carbons (Fsp3) is 0.400. The van der Waals surface area contributed by atoms with Crippen molar-refractivity contribution in [3.05, 3.63) is 53.7 Å². The molecule has 150 valence electrons. The molecule has 2 heterocycles. The van der Waals surface area contributed by atoms with Gasteiger partial charge in [-0.15, -0.1) is 0 Å².